The normalized spacial score (nSPS) is 14.5. The van der Waals surface area contributed by atoms with Gasteiger partial charge in [-0.15, -0.1) is 0 Å². The number of fused-ring (bicyclic) bond motifs is 1. The highest BCUT2D eigenvalue weighted by Gasteiger charge is 2.17. The van der Waals surface area contributed by atoms with Crippen LogP contribution in [0.5, 0.6) is 5.75 Å². The lowest BCUT2D eigenvalue weighted by Crippen LogP contribution is -2.33. The summed E-state index contributed by atoms with van der Waals surface area (Å²) in [5, 5.41) is 0. The fourth-order valence-corrected chi connectivity index (χ4v) is 2.01. The number of hydrogen-bond acceptors (Lipinski definition) is 3. The van der Waals surface area contributed by atoms with Gasteiger partial charge in [0.25, 0.3) is 0 Å². The van der Waals surface area contributed by atoms with Gasteiger partial charge in [0.2, 0.25) is 0 Å². The smallest absolute Gasteiger partial charge is 0.142 e. The van der Waals surface area contributed by atoms with Crippen LogP contribution in [0.25, 0.3) is 0 Å². The number of hydrogen-bond donors (Lipinski definition) is 0. The predicted molar refractivity (Wildman–Crippen MR) is 65.4 cm³/mol. The van der Waals surface area contributed by atoms with Crippen molar-refractivity contribution in [1.82, 2.24) is 0 Å². The van der Waals surface area contributed by atoms with Gasteiger partial charge in [-0.2, -0.15) is 0 Å². The van der Waals surface area contributed by atoms with Gasteiger partial charge < -0.3 is 14.4 Å². The van der Waals surface area contributed by atoms with Gasteiger partial charge in [-0.3, -0.25) is 0 Å². The van der Waals surface area contributed by atoms with Crippen molar-refractivity contribution in [3.63, 3.8) is 0 Å². The molecule has 1 heterocycles. The van der Waals surface area contributed by atoms with Crippen molar-refractivity contribution in [3.05, 3.63) is 23.8 Å². The highest BCUT2D eigenvalue weighted by molar-refractivity contribution is 5.61. The molecule has 88 valence electrons. The average molecular weight is 221 g/mol. The van der Waals surface area contributed by atoms with Crippen LogP contribution in [0.3, 0.4) is 0 Å². The molecular formula is C13H19NO2. The summed E-state index contributed by atoms with van der Waals surface area (Å²) < 4.78 is 10.7. The summed E-state index contributed by atoms with van der Waals surface area (Å²) in [4.78, 5) is 2.38. The quantitative estimate of drug-likeness (QED) is 0.728. The first-order chi connectivity index (χ1) is 7.81. The Bertz CT molecular complexity index is 352. The molecule has 0 fully saturated rings. The second-order valence-corrected chi connectivity index (χ2v) is 4.15. The van der Waals surface area contributed by atoms with Gasteiger partial charge in [0, 0.05) is 20.3 Å². The maximum absolute atomic E-state index is 5.64. The van der Waals surface area contributed by atoms with Crippen LogP contribution in [-0.4, -0.2) is 33.4 Å². The minimum atomic E-state index is 0.781. The van der Waals surface area contributed by atoms with Gasteiger partial charge in [-0.25, -0.2) is 0 Å². The standard InChI is InChI=1S/C13H19NO2/c1-11-4-5-13-12(10-11)14(7-9-16-13)6-3-8-15-2/h4-5,10H,3,6-9H2,1-2H3. The molecule has 0 bridgehead atoms. The van der Waals surface area contributed by atoms with E-state index in [0.717, 1.165) is 38.5 Å². The maximum Gasteiger partial charge on any atom is 0.142 e. The number of nitrogens with zero attached hydrogens (tertiary/aromatic N) is 1. The largest absolute Gasteiger partial charge is 0.490 e. The second kappa shape index (κ2) is 5.21. The predicted octanol–water partition coefficient (Wildman–Crippen LogP) is 2.23. The molecule has 0 aliphatic carbocycles. The van der Waals surface area contributed by atoms with Crippen molar-refractivity contribution in [2.45, 2.75) is 13.3 Å². The minimum absolute atomic E-state index is 0.781. The van der Waals surface area contributed by atoms with E-state index in [-0.39, 0.29) is 0 Å². The molecule has 0 radical (unpaired) electrons. The summed E-state index contributed by atoms with van der Waals surface area (Å²) >= 11 is 0. The van der Waals surface area contributed by atoms with Crippen LogP contribution in [0, 0.1) is 6.92 Å². The third-order valence-electron chi connectivity index (χ3n) is 2.85. The van der Waals surface area contributed by atoms with E-state index in [1.165, 1.54) is 11.3 Å². The second-order valence-electron chi connectivity index (χ2n) is 4.15. The summed E-state index contributed by atoms with van der Waals surface area (Å²) in [5.74, 6) is 1.01. The first-order valence-electron chi connectivity index (χ1n) is 5.78. The molecule has 3 nitrogen and oxygen atoms in total. The lowest BCUT2D eigenvalue weighted by Gasteiger charge is -2.31. The van der Waals surface area contributed by atoms with Crippen molar-refractivity contribution in [2.75, 3.05) is 38.3 Å². The summed E-state index contributed by atoms with van der Waals surface area (Å²) in [5.41, 5.74) is 2.50. The Labute approximate surface area is 97.0 Å². The van der Waals surface area contributed by atoms with Gasteiger partial charge in [0.05, 0.1) is 12.2 Å². The fraction of sp³-hybridized carbons (Fsp3) is 0.538. The zero-order valence-electron chi connectivity index (χ0n) is 10.0. The number of methoxy groups -OCH3 is 1. The summed E-state index contributed by atoms with van der Waals surface area (Å²) in [6.45, 7) is 5.72. The molecule has 1 aliphatic heterocycles. The summed E-state index contributed by atoms with van der Waals surface area (Å²) in [6, 6.07) is 6.35. The van der Waals surface area contributed by atoms with Crippen LogP contribution in [0.1, 0.15) is 12.0 Å². The van der Waals surface area contributed by atoms with Crippen LogP contribution in [-0.2, 0) is 4.74 Å². The molecule has 1 aromatic carbocycles. The van der Waals surface area contributed by atoms with E-state index in [9.17, 15) is 0 Å². The Hall–Kier alpha value is -1.22. The van der Waals surface area contributed by atoms with E-state index >= 15 is 0 Å². The molecule has 3 heteroatoms. The van der Waals surface area contributed by atoms with Crippen LogP contribution in [0.4, 0.5) is 5.69 Å². The minimum Gasteiger partial charge on any atom is -0.490 e. The van der Waals surface area contributed by atoms with Crippen LogP contribution < -0.4 is 9.64 Å². The molecule has 1 aromatic rings. The number of rotatable bonds is 4. The van der Waals surface area contributed by atoms with Crippen molar-refractivity contribution in [1.29, 1.82) is 0 Å². The molecule has 0 atom stereocenters. The van der Waals surface area contributed by atoms with E-state index in [1.807, 2.05) is 0 Å². The molecule has 2 rings (SSSR count). The zero-order valence-corrected chi connectivity index (χ0v) is 10.0. The molecule has 0 aromatic heterocycles. The first-order valence-corrected chi connectivity index (χ1v) is 5.78. The average Bonchev–Trinajstić information content (AvgIpc) is 2.30. The molecule has 16 heavy (non-hydrogen) atoms. The van der Waals surface area contributed by atoms with E-state index in [2.05, 4.69) is 30.0 Å². The van der Waals surface area contributed by atoms with Gasteiger partial charge in [-0.1, -0.05) is 6.07 Å². The topological polar surface area (TPSA) is 21.7 Å². The summed E-state index contributed by atoms with van der Waals surface area (Å²) in [6.07, 6.45) is 1.06. The molecule has 0 N–H and O–H groups in total. The fourth-order valence-electron chi connectivity index (χ4n) is 2.01. The zero-order chi connectivity index (χ0) is 11.4. The highest BCUT2D eigenvalue weighted by atomic mass is 16.5. The Morgan fingerprint density at radius 2 is 2.31 bits per heavy atom. The van der Waals surface area contributed by atoms with Gasteiger partial charge in [-0.05, 0) is 31.0 Å². The molecular weight excluding hydrogens is 202 g/mol. The number of anilines is 1. The Kier molecular flexibility index (Phi) is 3.67. The Morgan fingerprint density at radius 1 is 1.44 bits per heavy atom. The molecule has 1 aliphatic rings. The SMILES string of the molecule is COCCCN1CCOc2ccc(C)cc21. The van der Waals surface area contributed by atoms with Crippen LogP contribution >= 0.6 is 0 Å². The number of ether oxygens (including phenoxy) is 2. The molecule has 0 spiro atoms. The van der Waals surface area contributed by atoms with Crippen molar-refractivity contribution < 1.29 is 9.47 Å². The Balaban J connectivity index is 2.09. The van der Waals surface area contributed by atoms with Gasteiger partial charge >= 0.3 is 0 Å². The lowest BCUT2D eigenvalue weighted by molar-refractivity contribution is 0.195. The molecule has 0 unspecified atom stereocenters. The van der Waals surface area contributed by atoms with Crippen LogP contribution in [0.2, 0.25) is 0 Å². The third kappa shape index (κ3) is 2.47. The highest BCUT2D eigenvalue weighted by Crippen LogP contribution is 2.32. The van der Waals surface area contributed by atoms with Crippen molar-refractivity contribution in [3.8, 4) is 5.75 Å². The third-order valence-corrected chi connectivity index (χ3v) is 2.85. The molecule has 0 saturated heterocycles. The maximum atomic E-state index is 5.64. The molecule has 0 amide bonds. The van der Waals surface area contributed by atoms with Gasteiger partial charge in [0.1, 0.15) is 12.4 Å². The number of aryl methyl sites for hydroxylation is 1. The van der Waals surface area contributed by atoms with E-state index < -0.39 is 0 Å². The van der Waals surface area contributed by atoms with Crippen molar-refractivity contribution in [2.24, 2.45) is 0 Å². The van der Waals surface area contributed by atoms with Crippen LogP contribution in [0.15, 0.2) is 18.2 Å². The van der Waals surface area contributed by atoms with E-state index in [4.69, 9.17) is 9.47 Å². The molecule has 0 saturated carbocycles. The lowest BCUT2D eigenvalue weighted by atomic mass is 10.1. The monoisotopic (exact) mass is 221 g/mol. The van der Waals surface area contributed by atoms with E-state index in [0.29, 0.717) is 0 Å². The first kappa shape index (κ1) is 11.3. The Morgan fingerprint density at radius 3 is 3.12 bits per heavy atom. The summed E-state index contributed by atoms with van der Waals surface area (Å²) in [7, 11) is 1.75. The number of benzene rings is 1. The van der Waals surface area contributed by atoms with Crippen molar-refractivity contribution >= 4 is 5.69 Å². The van der Waals surface area contributed by atoms with E-state index in [1.54, 1.807) is 7.11 Å². The van der Waals surface area contributed by atoms with Gasteiger partial charge in [0.15, 0.2) is 0 Å².